The summed E-state index contributed by atoms with van der Waals surface area (Å²) >= 11 is 0. The number of carbonyl (C=O) groups is 1. The summed E-state index contributed by atoms with van der Waals surface area (Å²) in [5.41, 5.74) is -2.04. The highest BCUT2D eigenvalue weighted by Crippen LogP contribution is 2.40. The first kappa shape index (κ1) is 16.7. The minimum atomic E-state index is -5.01. The van der Waals surface area contributed by atoms with E-state index in [0.717, 1.165) is 0 Å². The normalized spacial score (nSPS) is 19.4. The lowest BCUT2D eigenvalue weighted by molar-refractivity contribution is 0.0156. The summed E-state index contributed by atoms with van der Waals surface area (Å²) in [5, 5.41) is 9.04. The van der Waals surface area contributed by atoms with E-state index in [1.54, 1.807) is 26.8 Å². The second-order valence-corrected chi connectivity index (χ2v) is 6.27. The minimum absolute atomic E-state index is 0.0317. The van der Waals surface area contributed by atoms with Crippen molar-refractivity contribution in [2.24, 2.45) is 5.41 Å². The number of ether oxygens (including phenoxy) is 1. The molecule has 4 nitrogen and oxygen atoms in total. The smallest absolute Gasteiger partial charge is 0.449 e. The van der Waals surface area contributed by atoms with Crippen LogP contribution in [0.3, 0.4) is 0 Å². The van der Waals surface area contributed by atoms with Gasteiger partial charge in [0.05, 0.1) is 6.07 Å². The molecular weight excluding hydrogens is 272 g/mol. The van der Waals surface area contributed by atoms with E-state index in [0.29, 0.717) is 0 Å². The van der Waals surface area contributed by atoms with Gasteiger partial charge in [-0.15, -0.1) is 0 Å². The molecule has 0 radical (unpaired) electrons. The molecule has 1 heterocycles. The van der Waals surface area contributed by atoms with Crippen LogP contribution in [0.4, 0.5) is 17.7 Å². The van der Waals surface area contributed by atoms with Crippen molar-refractivity contribution in [3.05, 3.63) is 0 Å². The number of halogens is 3. The van der Waals surface area contributed by atoms with Gasteiger partial charge in [0.1, 0.15) is 5.60 Å². The van der Waals surface area contributed by atoms with Gasteiger partial charge in [-0.3, -0.25) is 0 Å². The Morgan fingerprint density at radius 3 is 2.20 bits per heavy atom. The molecule has 1 amide bonds. The number of hydrogen-bond donors (Lipinski definition) is 0. The number of hydrogen-bond acceptors (Lipinski definition) is 3. The number of piperidine rings is 1. The van der Waals surface area contributed by atoms with Gasteiger partial charge in [-0.2, -0.15) is 5.26 Å². The second-order valence-electron chi connectivity index (χ2n) is 6.27. The molecule has 20 heavy (non-hydrogen) atoms. The first-order valence-electron chi connectivity index (χ1n) is 6.57. The van der Waals surface area contributed by atoms with Crippen LogP contribution in [0.1, 0.15) is 33.6 Å². The maximum absolute atomic E-state index is 12.6. The highest BCUT2D eigenvalue weighted by Gasteiger charge is 2.42. The Kier molecular flexibility index (Phi) is 4.62. The fraction of sp³-hybridized carbons (Fsp3) is 0.833. The van der Waals surface area contributed by atoms with Crippen LogP contribution in [0, 0.1) is 16.7 Å². The van der Waals surface area contributed by atoms with Crippen LogP contribution in [0.5, 0.6) is 0 Å². The van der Waals surface area contributed by atoms with Gasteiger partial charge in [0, 0.05) is 18.5 Å². The van der Waals surface area contributed by atoms with Crippen molar-refractivity contribution in [2.75, 3.05) is 13.1 Å². The third kappa shape index (κ3) is 4.95. The molecular formula is C12H19BF3N2O2-. The van der Waals surface area contributed by atoms with Crippen LogP contribution in [-0.2, 0) is 4.74 Å². The van der Waals surface area contributed by atoms with E-state index < -0.39 is 30.4 Å². The molecule has 1 saturated heterocycles. The molecule has 0 N–H and O–H groups in total. The number of nitrogens with zero attached hydrogens (tertiary/aromatic N) is 2. The molecule has 0 aromatic heterocycles. The highest BCUT2D eigenvalue weighted by atomic mass is 19.4. The number of rotatable bonds is 2. The van der Waals surface area contributed by atoms with E-state index in [9.17, 15) is 17.7 Å². The van der Waals surface area contributed by atoms with Crippen LogP contribution in [-0.4, -0.2) is 36.7 Å². The molecule has 1 aliphatic rings. The van der Waals surface area contributed by atoms with E-state index in [1.165, 1.54) is 4.90 Å². The molecule has 0 atom stereocenters. The van der Waals surface area contributed by atoms with Gasteiger partial charge in [-0.1, -0.05) is 6.32 Å². The third-order valence-electron chi connectivity index (χ3n) is 3.23. The molecule has 0 aliphatic carbocycles. The fourth-order valence-electron chi connectivity index (χ4n) is 2.25. The lowest BCUT2D eigenvalue weighted by Crippen LogP contribution is -2.46. The molecule has 114 valence electrons. The van der Waals surface area contributed by atoms with Gasteiger partial charge < -0.3 is 22.6 Å². The summed E-state index contributed by atoms with van der Waals surface area (Å²) in [7, 11) is 0. The summed E-state index contributed by atoms with van der Waals surface area (Å²) in [5.74, 6) is 0. The predicted molar refractivity (Wildman–Crippen MR) is 69.0 cm³/mol. The van der Waals surface area contributed by atoms with E-state index in [1.807, 2.05) is 0 Å². The summed E-state index contributed by atoms with van der Waals surface area (Å²) in [4.78, 5) is 13.2. The number of likely N-dealkylation sites (tertiary alicyclic amines) is 1. The Hall–Kier alpha value is -1.39. The molecule has 0 bridgehead atoms. The van der Waals surface area contributed by atoms with Gasteiger partial charge in [0.2, 0.25) is 0 Å². The fourth-order valence-corrected chi connectivity index (χ4v) is 2.25. The van der Waals surface area contributed by atoms with Crippen LogP contribution >= 0.6 is 0 Å². The largest absolute Gasteiger partial charge is 0.479 e. The van der Waals surface area contributed by atoms with Crippen molar-refractivity contribution in [2.45, 2.75) is 45.5 Å². The monoisotopic (exact) mass is 291 g/mol. The maximum Gasteiger partial charge on any atom is 0.479 e. The van der Waals surface area contributed by atoms with Crippen LogP contribution < -0.4 is 0 Å². The van der Waals surface area contributed by atoms with Crippen LogP contribution in [0.2, 0.25) is 6.32 Å². The van der Waals surface area contributed by atoms with Crippen LogP contribution in [0.25, 0.3) is 0 Å². The Balaban J connectivity index is 2.62. The predicted octanol–water partition coefficient (Wildman–Crippen LogP) is 3.37. The van der Waals surface area contributed by atoms with Gasteiger partial charge in [-0.25, -0.2) is 4.79 Å². The average molecular weight is 291 g/mol. The van der Waals surface area contributed by atoms with Crippen molar-refractivity contribution in [3.8, 4) is 6.07 Å². The van der Waals surface area contributed by atoms with Gasteiger partial charge in [0.15, 0.2) is 0 Å². The quantitative estimate of drug-likeness (QED) is 0.733. The van der Waals surface area contributed by atoms with E-state index in [2.05, 4.69) is 0 Å². The van der Waals surface area contributed by atoms with Crippen molar-refractivity contribution in [1.29, 1.82) is 5.26 Å². The highest BCUT2D eigenvalue weighted by molar-refractivity contribution is 6.58. The second kappa shape index (κ2) is 5.54. The first-order chi connectivity index (χ1) is 8.96. The van der Waals surface area contributed by atoms with Gasteiger partial charge >= 0.3 is 13.1 Å². The molecule has 0 saturated carbocycles. The molecule has 1 rings (SSSR count). The van der Waals surface area contributed by atoms with Crippen LogP contribution in [0.15, 0.2) is 0 Å². The topological polar surface area (TPSA) is 53.3 Å². The van der Waals surface area contributed by atoms with Gasteiger partial charge in [-0.05, 0) is 33.6 Å². The number of carbonyl (C=O) groups excluding carboxylic acids is 1. The lowest BCUT2D eigenvalue weighted by Gasteiger charge is -2.40. The first-order valence-corrected chi connectivity index (χ1v) is 6.57. The van der Waals surface area contributed by atoms with E-state index in [-0.39, 0.29) is 25.9 Å². The Morgan fingerprint density at radius 1 is 1.35 bits per heavy atom. The Bertz CT molecular complexity index is 404. The Morgan fingerprint density at radius 2 is 1.85 bits per heavy atom. The Labute approximate surface area is 116 Å². The van der Waals surface area contributed by atoms with Crippen molar-refractivity contribution < 1.29 is 22.5 Å². The van der Waals surface area contributed by atoms with Crippen molar-refractivity contribution in [3.63, 3.8) is 0 Å². The van der Waals surface area contributed by atoms with Crippen molar-refractivity contribution in [1.82, 2.24) is 4.90 Å². The summed E-state index contributed by atoms with van der Waals surface area (Å²) in [6.45, 7) is 0.401. The van der Waals surface area contributed by atoms with Gasteiger partial charge in [0.25, 0.3) is 0 Å². The van der Waals surface area contributed by atoms with E-state index >= 15 is 0 Å². The molecule has 1 aliphatic heterocycles. The molecule has 0 aromatic carbocycles. The number of nitriles is 1. The molecule has 1 fully saturated rings. The summed E-state index contributed by atoms with van der Waals surface area (Å²) in [6, 6.07) is 1.80. The zero-order chi connectivity index (χ0) is 15.6. The summed E-state index contributed by atoms with van der Waals surface area (Å²) in [6.07, 6.45) is -1.54. The number of amides is 1. The zero-order valence-corrected chi connectivity index (χ0v) is 12.0. The lowest BCUT2D eigenvalue weighted by atomic mass is 9.64. The maximum atomic E-state index is 12.6. The SMILES string of the molecule is CC(C)(C)OC(=O)N1CCC(C#N)(C[B-](F)(F)F)CC1. The molecule has 0 aromatic rings. The minimum Gasteiger partial charge on any atom is -0.449 e. The molecule has 8 heteroatoms. The summed E-state index contributed by atoms with van der Waals surface area (Å²) < 4.78 is 42.8. The zero-order valence-electron chi connectivity index (χ0n) is 12.0. The molecule has 0 spiro atoms. The molecule has 0 unspecified atom stereocenters. The standard InChI is InChI=1S/C12H19BF3N2O2/c1-11(2,3)20-10(19)18-6-4-12(9-17,5-7-18)8-13(14,15)16/h4-8H2,1-3H3/q-1. The van der Waals surface area contributed by atoms with Crippen molar-refractivity contribution >= 4 is 13.1 Å². The average Bonchev–Trinajstić information content (AvgIpc) is 2.25. The van der Waals surface area contributed by atoms with E-state index in [4.69, 9.17) is 10.00 Å². The third-order valence-corrected chi connectivity index (χ3v) is 3.23.